The molecule has 0 aromatic carbocycles. The van der Waals surface area contributed by atoms with Crippen molar-refractivity contribution in [3.05, 3.63) is 16.7 Å². The lowest BCUT2D eigenvalue weighted by Crippen LogP contribution is -2.15. The Morgan fingerprint density at radius 3 is 2.80 bits per heavy atom. The number of H-pyrrole nitrogens is 1. The summed E-state index contributed by atoms with van der Waals surface area (Å²) in [5.41, 5.74) is 2.01. The molecule has 0 saturated heterocycles. The van der Waals surface area contributed by atoms with Crippen LogP contribution in [-0.4, -0.2) is 9.55 Å². The van der Waals surface area contributed by atoms with E-state index in [-0.39, 0.29) is 0 Å². The van der Waals surface area contributed by atoms with Gasteiger partial charge in [0.1, 0.15) is 0 Å². The van der Waals surface area contributed by atoms with Gasteiger partial charge in [0.2, 0.25) is 0 Å². The molecule has 1 heterocycles. The third kappa shape index (κ3) is 1.57. The van der Waals surface area contributed by atoms with Crippen molar-refractivity contribution in [1.82, 2.24) is 9.55 Å². The van der Waals surface area contributed by atoms with E-state index in [1.54, 1.807) is 0 Å². The number of aromatic amines is 1. The summed E-state index contributed by atoms with van der Waals surface area (Å²) in [6.07, 6.45) is 8.92. The summed E-state index contributed by atoms with van der Waals surface area (Å²) in [6, 6.07) is 0. The molecule has 0 amide bonds. The van der Waals surface area contributed by atoms with Crippen molar-refractivity contribution in [1.29, 1.82) is 0 Å². The Kier molecular flexibility index (Phi) is 2.06. The van der Waals surface area contributed by atoms with Crippen LogP contribution in [-0.2, 0) is 13.0 Å². The second-order valence-electron chi connectivity index (χ2n) is 5.16. The molecule has 3 heteroatoms. The molecule has 2 aliphatic carbocycles. The predicted molar refractivity (Wildman–Crippen MR) is 63.4 cm³/mol. The van der Waals surface area contributed by atoms with Crippen LogP contribution in [0, 0.1) is 16.1 Å². The van der Waals surface area contributed by atoms with Crippen molar-refractivity contribution in [2.24, 2.45) is 11.3 Å². The maximum absolute atomic E-state index is 5.35. The zero-order chi connectivity index (χ0) is 10.5. The van der Waals surface area contributed by atoms with E-state index in [1.807, 2.05) is 0 Å². The van der Waals surface area contributed by atoms with E-state index in [0.29, 0.717) is 5.41 Å². The van der Waals surface area contributed by atoms with E-state index in [1.165, 1.54) is 37.9 Å². The van der Waals surface area contributed by atoms with E-state index < -0.39 is 0 Å². The van der Waals surface area contributed by atoms with Crippen LogP contribution in [0.4, 0.5) is 0 Å². The summed E-state index contributed by atoms with van der Waals surface area (Å²) in [6.45, 7) is 3.37. The Labute approximate surface area is 95.7 Å². The number of imidazole rings is 1. The minimum Gasteiger partial charge on any atom is -0.337 e. The molecule has 2 saturated carbocycles. The van der Waals surface area contributed by atoms with Gasteiger partial charge in [-0.15, -0.1) is 0 Å². The third-order valence-electron chi connectivity index (χ3n) is 4.12. The molecule has 1 N–H and O–H groups in total. The smallest absolute Gasteiger partial charge is 0.177 e. The molecule has 1 aromatic heterocycles. The molecule has 2 aliphatic rings. The number of nitrogens with one attached hydrogen (secondary N) is 1. The number of rotatable bonds is 4. The Bertz CT molecular complexity index is 421. The normalized spacial score (nSPS) is 23.0. The Morgan fingerprint density at radius 1 is 1.53 bits per heavy atom. The average molecular weight is 222 g/mol. The standard InChI is InChI=1S/C12H18N2S/c1-2-10-7-13-11(15)14(10)8-12(5-6-12)9-3-4-9/h7,9H,2-6,8H2,1H3,(H,13,15). The van der Waals surface area contributed by atoms with Gasteiger partial charge in [0.15, 0.2) is 4.77 Å². The monoisotopic (exact) mass is 222 g/mol. The lowest BCUT2D eigenvalue weighted by molar-refractivity contribution is 0.363. The van der Waals surface area contributed by atoms with Crippen LogP contribution in [0.1, 0.15) is 38.3 Å². The van der Waals surface area contributed by atoms with Crippen LogP contribution < -0.4 is 0 Å². The molecule has 0 radical (unpaired) electrons. The number of hydrogen-bond acceptors (Lipinski definition) is 1. The van der Waals surface area contributed by atoms with Gasteiger partial charge in [0.25, 0.3) is 0 Å². The molecule has 0 atom stereocenters. The highest BCUT2D eigenvalue weighted by atomic mass is 32.1. The molecule has 3 rings (SSSR count). The lowest BCUT2D eigenvalue weighted by Gasteiger charge is -2.16. The minimum atomic E-state index is 0.643. The molecule has 0 unspecified atom stereocenters. The Morgan fingerprint density at radius 2 is 2.27 bits per heavy atom. The van der Waals surface area contributed by atoms with E-state index in [4.69, 9.17) is 12.2 Å². The van der Waals surface area contributed by atoms with Crippen LogP contribution in [0.3, 0.4) is 0 Å². The SMILES string of the molecule is CCc1c[nH]c(=S)n1CC1(C2CC2)CC1. The minimum absolute atomic E-state index is 0.643. The summed E-state index contributed by atoms with van der Waals surface area (Å²) in [4.78, 5) is 3.18. The van der Waals surface area contributed by atoms with E-state index in [0.717, 1.165) is 17.1 Å². The first kappa shape index (κ1) is 9.64. The fourth-order valence-corrected chi connectivity index (χ4v) is 3.00. The van der Waals surface area contributed by atoms with Gasteiger partial charge in [-0.25, -0.2) is 0 Å². The Hall–Kier alpha value is -0.570. The van der Waals surface area contributed by atoms with Crippen molar-refractivity contribution in [2.45, 2.75) is 45.6 Å². The van der Waals surface area contributed by atoms with Crippen LogP contribution in [0.15, 0.2) is 6.20 Å². The van der Waals surface area contributed by atoms with Gasteiger partial charge >= 0.3 is 0 Å². The van der Waals surface area contributed by atoms with Crippen molar-refractivity contribution in [2.75, 3.05) is 0 Å². The van der Waals surface area contributed by atoms with Gasteiger partial charge in [-0.3, -0.25) is 0 Å². The van der Waals surface area contributed by atoms with E-state index >= 15 is 0 Å². The summed E-state index contributed by atoms with van der Waals surface area (Å²) in [5.74, 6) is 1.01. The quantitative estimate of drug-likeness (QED) is 0.775. The average Bonchev–Trinajstić information content (AvgIpc) is 3.10. The molecule has 0 aliphatic heterocycles. The van der Waals surface area contributed by atoms with Crippen molar-refractivity contribution >= 4 is 12.2 Å². The van der Waals surface area contributed by atoms with E-state index in [9.17, 15) is 0 Å². The zero-order valence-corrected chi connectivity index (χ0v) is 10.1. The fourth-order valence-electron chi connectivity index (χ4n) is 2.76. The largest absolute Gasteiger partial charge is 0.337 e. The fraction of sp³-hybridized carbons (Fsp3) is 0.750. The highest BCUT2D eigenvalue weighted by molar-refractivity contribution is 7.71. The molecule has 2 fully saturated rings. The number of nitrogens with zero attached hydrogens (tertiary/aromatic N) is 1. The second kappa shape index (κ2) is 3.21. The molecule has 15 heavy (non-hydrogen) atoms. The molecule has 2 nitrogen and oxygen atoms in total. The van der Waals surface area contributed by atoms with Gasteiger partial charge in [-0.05, 0) is 55.7 Å². The third-order valence-corrected chi connectivity index (χ3v) is 4.46. The summed E-state index contributed by atoms with van der Waals surface area (Å²) in [7, 11) is 0. The predicted octanol–water partition coefficient (Wildman–Crippen LogP) is 3.30. The summed E-state index contributed by atoms with van der Waals surface area (Å²) < 4.78 is 3.25. The second-order valence-corrected chi connectivity index (χ2v) is 5.55. The first-order valence-corrected chi connectivity index (χ1v) is 6.43. The van der Waals surface area contributed by atoms with Crippen LogP contribution >= 0.6 is 12.2 Å². The van der Waals surface area contributed by atoms with Gasteiger partial charge < -0.3 is 9.55 Å². The highest BCUT2D eigenvalue weighted by Gasteiger charge is 2.53. The lowest BCUT2D eigenvalue weighted by atomic mass is 10.0. The maximum Gasteiger partial charge on any atom is 0.177 e. The molecule has 0 spiro atoms. The molecule has 0 bridgehead atoms. The maximum atomic E-state index is 5.35. The molecular formula is C12H18N2S. The van der Waals surface area contributed by atoms with Gasteiger partial charge in [-0.1, -0.05) is 6.92 Å². The molecular weight excluding hydrogens is 204 g/mol. The summed E-state index contributed by atoms with van der Waals surface area (Å²) in [5, 5.41) is 0. The van der Waals surface area contributed by atoms with E-state index in [2.05, 4.69) is 22.7 Å². The van der Waals surface area contributed by atoms with Crippen LogP contribution in [0.2, 0.25) is 0 Å². The molecule has 82 valence electrons. The summed E-state index contributed by atoms with van der Waals surface area (Å²) >= 11 is 5.35. The van der Waals surface area contributed by atoms with Gasteiger partial charge in [0.05, 0.1) is 0 Å². The number of aromatic nitrogens is 2. The van der Waals surface area contributed by atoms with Crippen molar-refractivity contribution < 1.29 is 0 Å². The Balaban J connectivity index is 1.86. The topological polar surface area (TPSA) is 20.7 Å². The first-order valence-electron chi connectivity index (χ1n) is 6.02. The molecule has 1 aromatic rings. The first-order chi connectivity index (χ1) is 7.25. The van der Waals surface area contributed by atoms with Gasteiger partial charge in [0, 0.05) is 18.4 Å². The van der Waals surface area contributed by atoms with Crippen LogP contribution in [0.25, 0.3) is 0 Å². The number of aryl methyl sites for hydroxylation is 1. The highest BCUT2D eigenvalue weighted by Crippen LogP contribution is 2.62. The number of hydrogen-bond donors (Lipinski definition) is 1. The van der Waals surface area contributed by atoms with Gasteiger partial charge in [-0.2, -0.15) is 0 Å². The van der Waals surface area contributed by atoms with Crippen molar-refractivity contribution in [3.8, 4) is 0 Å². The zero-order valence-electron chi connectivity index (χ0n) is 9.25. The van der Waals surface area contributed by atoms with Crippen molar-refractivity contribution in [3.63, 3.8) is 0 Å². The van der Waals surface area contributed by atoms with Crippen LogP contribution in [0.5, 0.6) is 0 Å².